The average molecular weight is 335 g/mol. The van der Waals surface area contributed by atoms with E-state index in [2.05, 4.69) is 13.8 Å². The highest BCUT2D eigenvalue weighted by molar-refractivity contribution is 4.83. The highest BCUT2D eigenvalue weighted by atomic mass is 14.4. The van der Waals surface area contributed by atoms with Gasteiger partial charge in [0.2, 0.25) is 0 Å². The highest BCUT2D eigenvalue weighted by Gasteiger charge is 2.31. The first-order valence-corrected chi connectivity index (χ1v) is 11.8. The van der Waals surface area contributed by atoms with Gasteiger partial charge in [-0.1, -0.05) is 104 Å². The van der Waals surface area contributed by atoms with Crippen LogP contribution < -0.4 is 0 Å². The molecule has 0 aromatic rings. The van der Waals surface area contributed by atoms with Crippen LogP contribution in [0, 0.1) is 23.7 Å². The first kappa shape index (κ1) is 20.3. The fraction of sp³-hybridized carbons (Fsp3) is 1.00. The van der Waals surface area contributed by atoms with Crippen molar-refractivity contribution in [1.29, 1.82) is 0 Å². The summed E-state index contributed by atoms with van der Waals surface area (Å²) in [6, 6.07) is 0. The lowest BCUT2D eigenvalue weighted by Gasteiger charge is -2.36. The second-order valence-electron chi connectivity index (χ2n) is 9.18. The van der Waals surface area contributed by atoms with Crippen LogP contribution >= 0.6 is 0 Å². The van der Waals surface area contributed by atoms with Crippen molar-refractivity contribution < 1.29 is 0 Å². The lowest BCUT2D eigenvalue weighted by Crippen LogP contribution is -2.25. The Morgan fingerprint density at radius 3 is 1.58 bits per heavy atom. The van der Waals surface area contributed by atoms with Gasteiger partial charge in [-0.3, -0.25) is 0 Å². The quantitative estimate of drug-likeness (QED) is 0.314. The van der Waals surface area contributed by atoms with Gasteiger partial charge in [-0.05, 0) is 49.4 Å². The molecule has 2 saturated carbocycles. The molecule has 0 radical (unpaired) electrons. The third-order valence-corrected chi connectivity index (χ3v) is 7.41. The Morgan fingerprint density at radius 2 is 1.08 bits per heavy atom. The van der Waals surface area contributed by atoms with Gasteiger partial charge in [0.15, 0.2) is 0 Å². The zero-order valence-electron chi connectivity index (χ0n) is 17.0. The van der Waals surface area contributed by atoms with Gasteiger partial charge >= 0.3 is 0 Å². The zero-order valence-corrected chi connectivity index (χ0v) is 17.0. The van der Waals surface area contributed by atoms with E-state index < -0.39 is 0 Å². The van der Waals surface area contributed by atoms with E-state index >= 15 is 0 Å². The predicted molar refractivity (Wildman–Crippen MR) is 108 cm³/mol. The molecule has 2 aliphatic rings. The summed E-state index contributed by atoms with van der Waals surface area (Å²) in [5, 5.41) is 0. The molecule has 2 rings (SSSR count). The fourth-order valence-electron chi connectivity index (χ4n) is 5.80. The standard InChI is InChI=1S/C24H46/c1-3-5-7-9-13-21(14-10-8-6-4-2)23-17-19-24(20-18-23)22-15-11-12-16-22/h21-24H,3-20H2,1-2H3. The summed E-state index contributed by atoms with van der Waals surface area (Å²) >= 11 is 0. The third-order valence-electron chi connectivity index (χ3n) is 7.41. The second-order valence-corrected chi connectivity index (χ2v) is 9.18. The maximum atomic E-state index is 2.34. The second kappa shape index (κ2) is 12.4. The Morgan fingerprint density at radius 1 is 0.583 bits per heavy atom. The molecule has 0 bridgehead atoms. The maximum absolute atomic E-state index is 2.34. The van der Waals surface area contributed by atoms with Crippen LogP contribution in [0.1, 0.15) is 129 Å². The molecule has 0 aromatic heterocycles. The van der Waals surface area contributed by atoms with Crippen molar-refractivity contribution in [3.8, 4) is 0 Å². The van der Waals surface area contributed by atoms with Crippen LogP contribution in [0.3, 0.4) is 0 Å². The Labute approximate surface area is 153 Å². The van der Waals surface area contributed by atoms with E-state index in [-0.39, 0.29) is 0 Å². The van der Waals surface area contributed by atoms with Crippen LogP contribution in [0.5, 0.6) is 0 Å². The van der Waals surface area contributed by atoms with Crippen LogP contribution in [-0.4, -0.2) is 0 Å². The number of hydrogen-bond donors (Lipinski definition) is 0. The molecule has 0 atom stereocenters. The Kier molecular flexibility index (Phi) is 10.5. The monoisotopic (exact) mass is 334 g/mol. The molecule has 0 saturated heterocycles. The molecular formula is C24H46. The Hall–Kier alpha value is 0. The van der Waals surface area contributed by atoms with Crippen LogP contribution in [0.25, 0.3) is 0 Å². The summed E-state index contributed by atoms with van der Waals surface area (Å²) in [5.74, 6) is 4.40. The number of rotatable bonds is 12. The normalized spacial score (nSPS) is 25.6. The maximum Gasteiger partial charge on any atom is -0.0386 e. The largest absolute Gasteiger partial charge is 0.0654 e. The number of hydrogen-bond acceptors (Lipinski definition) is 0. The van der Waals surface area contributed by atoms with Gasteiger partial charge in [-0.15, -0.1) is 0 Å². The molecule has 24 heavy (non-hydrogen) atoms. The first-order chi connectivity index (χ1) is 11.8. The minimum absolute atomic E-state index is 1.07. The van der Waals surface area contributed by atoms with Gasteiger partial charge < -0.3 is 0 Å². The van der Waals surface area contributed by atoms with Gasteiger partial charge in [0.1, 0.15) is 0 Å². The van der Waals surface area contributed by atoms with Gasteiger partial charge in [0.05, 0.1) is 0 Å². The molecule has 0 heterocycles. The zero-order chi connectivity index (χ0) is 17.0. The van der Waals surface area contributed by atoms with Crippen LogP contribution in [-0.2, 0) is 0 Å². The summed E-state index contributed by atoms with van der Waals surface area (Å²) in [6.07, 6.45) is 27.3. The van der Waals surface area contributed by atoms with Crippen molar-refractivity contribution in [3.63, 3.8) is 0 Å². The Bertz CT molecular complexity index is 268. The Balaban J connectivity index is 1.72. The molecule has 0 amide bonds. The van der Waals surface area contributed by atoms with E-state index in [1.807, 2.05) is 0 Å². The summed E-state index contributed by atoms with van der Waals surface area (Å²) < 4.78 is 0. The lowest BCUT2D eigenvalue weighted by atomic mass is 9.69. The van der Waals surface area contributed by atoms with Crippen molar-refractivity contribution in [2.75, 3.05) is 0 Å². The summed E-state index contributed by atoms with van der Waals surface area (Å²) in [7, 11) is 0. The minimum Gasteiger partial charge on any atom is -0.0654 e. The van der Waals surface area contributed by atoms with Crippen LogP contribution in [0.4, 0.5) is 0 Å². The fourth-order valence-corrected chi connectivity index (χ4v) is 5.80. The highest BCUT2D eigenvalue weighted by Crippen LogP contribution is 2.44. The molecule has 0 unspecified atom stereocenters. The first-order valence-electron chi connectivity index (χ1n) is 11.8. The van der Waals surface area contributed by atoms with E-state index in [4.69, 9.17) is 0 Å². The molecule has 0 aromatic carbocycles. The molecular weight excluding hydrogens is 288 g/mol. The van der Waals surface area contributed by atoms with Crippen LogP contribution in [0.2, 0.25) is 0 Å². The molecule has 0 spiro atoms. The summed E-state index contributed by atoms with van der Waals surface area (Å²) in [5.41, 5.74) is 0. The smallest absolute Gasteiger partial charge is 0.0386 e. The average Bonchev–Trinajstić information content (AvgIpc) is 3.15. The van der Waals surface area contributed by atoms with E-state index in [1.54, 1.807) is 51.4 Å². The SMILES string of the molecule is CCCCCCC(CCCCCC)C1CCC(C2CCCC2)CC1. The van der Waals surface area contributed by atoms with E-state index in [1.165, 1.54) is 64.2 Å². The predicted octanol–water partition coefficient (Wildman–Crippen LogP) is 8.54. The molecule has 0 aliphatic heterocycles. The molecule has 2 fully saturated rings. The minimum atomic E-state index is 1.07. The van der Waals surface area contributed by atoms with E-state index in [9.17, 15) is 0 Å². The van der Waals surface area contributed by atoms with Crippen molar-refractivity contribution in [2.24, 2.45) is 23.7 Å². The molecule has 2 aliphatic carbocycles. The van der Waals surface area contributed by atoms with Crippen molar-refractivity contribution in [1.82, 2.24) is 0 Å². The number of unbranched alkanes of at least 4 members (excludes halogenated alkanes) is 6. The third kappa shape index (κ3) is 7.09. The molecule has 0 N–H and O–H groups in total. The lowest BCUT2D eigenvalue weighted by molar-refractivity contribution is 0.149. The molecule has 0 nitrogen and oxygen atoms in total. The van der Waals surface area contributed by atoms with E-state index in [0.29, 0.717) is 0 Å². The summed E-state index contributed by atoms with van der Waals surface area (Å²) in [4.78, 5) is 0. The van der Waals surface area contributed by atoms with Crippen molar-refractivity contribution in [2.45, 2.75) is 129 Å². The van der Waals surface area contributed by atoms with Gasteiger partial charge in [0.25, 0.3) is 0 Å². The van der Waals surface area contributed by atoms with Crippen molar-refractivity contribution >= 4 is 0 Å². The van der Waals surface area contributed by atoms with Gasteiger partial charge in [-0.25, -0.2) is 0 Å². The van der Waals surface area contributed by atoms with Crippen molar-refractivity contribution in [3.05, 3.63) is 0 Å². The van der Waals surface area contributed by atoms with E-state index in [0.717, 1.165) is 23.7 Å². The topological polar surface area (TPSA) is 0 Å². The van der Waals surface area contributed by atoms with Crippen LogP contribution in [0.15, 0.2) is 0 Å². The van der Waals surface area contributed by atoms with Gasteiger partial charge in [-0.2, -0.15) is 0 Å². The molecule has 0 heteroatoms. The molecule has 142 valence electrons. The van der Waals surface area contributed by atoms with Gasteiger partial charge in [0, 0.05) is 0 Å². The summed E-state index contributed by atoms with van der Waals surface area (Å²) in [6.45, 7) is 4.68.